The van der Waals surface area contributed by atoms with Crippen molar-refractivity contribution < 1.29 is 15.7 Å². The summed E-state index contributed by atoms with van der Waals surface area (Å²) in [5, 5.41) is 3.79. The highest BCUT2D eigenvalue weighted by Crippen LogP contribution is 2.47. The minimum atomic E-state index is -0.341. The minimum absolute atomic E-state index is 0. The number of esters is 1. The Kier molecular flexibility index (Phi) is 6.71. The van der Waals surface area contributed by atoms with Crippen molar-refractivity contribution >= 4 is 5.97 Å². The molecule has 1 saturated heterocycles. The largest absolute Gasteiger partial charge is 0.460 e. The van der Waals surface area contributed by atoms with Crippen molar-refractivity contribution in [3.8, 4) is 0 Å². The smallest absolute Gasteiger partial charge is 0.312 e. The molecule has 4 nitrogen and oxygen atoms in total. The summed E-state index contributed by atoms with van der Waals surface area (Å²) in [6, 6.07) is 10.9. The Hall–Kier alpha value is -1.39. The third-order valence-electron chi connectivity index (χ3n) is 6.42. The van der Waals surface area contributed by atoms with Crippen LogP contribution < -0.4 is 5.32 Å². The summed E-state index contributed by atoms with van der Waals surface area (Å²) >= 11 is 0. The van der Waals surface area contributed by atoms with E-state index in [0.29, 0.717) is 24.6 Å². The number of benzene rings is 1. The molecule has 1 aliphatic carbocycles. The van der Waals surface area contributed by atoms with Gasteiger partial charge in [-0.1, -0.05) is 50.6 Å². The molecule has 1 saturated carbocycles. The number of carbonyl (C=O) groups is 1. The first-order valence-electron chi connectivity index (χ1n) is 10.2. The lowest BCUT2D eigenvalue weighted by molar-refractivity contribution is -0.160. The molecule has 3 rings (SSSR count). The van der Waals surface area contributed by atoms with Crippen LogP contribution >= 0.6 is 0 Å². The molecular formula is C22H35NO3. The maximum atomic E-state index is 13.1. The predicted molar refractivity (Wildman–Crippen MR) is 105 cm³/mol. The van der Waals surface area contributed by atoms with Crippen molar-refractivity contribution in [2.75, 3.05) is 13.2 Å². The fourth-order valence-electron chi connectivity index (χ4n) is 4.51. The van der Waals surface area contributed by atoms with Crippen LogP contribution in [0.15, 0.2) is 30.3 Å². The average Bonchev–Trinajstić information content (AvgIpc) is 3.12. The highest BCUT2D eigenvalue weighted by atomic mass is 16.5. The molecule has 0 aromatic heterocycles. The molecule has 1 heterocycles. The van der Waals surface area contributed by atoms with Crippen molar-refractivity contribution in [1.29, 1.82) is 0 Å². The quantitative estimate of drug-likeness (QED) is 0.734. The summed E-state index contributed by atoms with van der Waals surface area (Å²) in [7, 11) is 0. The molecule has 0 bridgehead atoms. The van der Waals surface area contributed by atoms with Crippen LogP contribution in [0.4, 0.5) is 0 Å². The van der Waals surface area contributed by atoms with Crippen molar-refractivity contribution in [3.05, 3.63) is 35.9 Å². The second-order valence-electron chi connectivity index (χ2n) is 8.02. The molecule has 3 atom stereocenters. The molecule has 1 aromatic carbocycles. The van der Waals surface area contributed by atoms with Gasteiger partial charge in [0.1, 0.15) is 6.61 Å². The van der Waals surface area contributed by atoms with Gasteiger partial charge in [0.25, 0.3) is 0 Å². The van der Waals surface area contributed by atoms with Gasteiger partial charge in [-0.05, 0) is 43.6 Å². The lowest BCUT2D eigenvalue weighted by Gasteiger charge is -2.34. The SMILES string of the molecule is CCC(C)C1(C(=O)OCc2ccccc2)CCC(NC2CCOCC2)C1.[HH]. The Bertz CT molecular complexity index is 576. The third kappa shape index (κ3) is 4.47. The summed E-state index contributed by atoms with van der Waals surface area (Å²) < 4.78 is 11.2. The monoisotopic (exact) mass is 361 g/mol. The number of hydrogen-bond donors (Lipinski definition) is 1. The summed E-state index contributed by atoms with van der Waals surface area (Å²) in [5.74, 6) is 0.333. The van der Waals surface area contributed by atoms with Crippen molar-refractivity contribution in [2.45, 2.75) is 71.1 Å². The zero-order valence-corrected chi connectivity index (χ0v) is 16.2. The second kappa shape index (κ2) is 9.01. The van der Waals surface area contributed by atoms with E-state index in [1.807, 2.05) is 30.3 Å². The van der Waals surface area contributed by atoms with Crippen LogP contribution in [-0.2, 0) is 20.9 Å². The van der Waals surface area contributed by atoms with Crippen LogP contribution in [0.1, 0.15) is 59.4 Å². The van der Waals surface area contributed by atoms with E-state index in [0.717, 1.165) is 57.3 Å². The van der Waals surface area contributed by atoms with Crippen LogP contribution in [0.3, 0.4) is 0 Å². The Morgan fingerprint density at radius 1 is 1.27 bits per heavy atom. The molecular weight excluding hydrogens is 326 g/mol. The lowest BCUT2D eigenvalue weighted by Crippen LogP contribution is -2.43. The number of ether oxygens (including phenoxy) is 2. The molecule has 2 aliphatic rings. The van der Waals surface area contributed by atoms with Crippen molar-refractivity contribution in [1.82, 2.24) is 5.32 Å². The minimum Gasteiger partial charge on any atom is -0.460 e. The number of rotatable bonds is 7. The van der Waals surface area contributed by atoms with Gasteiger partial charge in [-0.2, -0.15) is 0 Å². The number of hydrogen-bond acceptors (Lipinski definition) is 4. The van der Waals surface area contributed by atoms with E-state index < -0.39 is 0 Å². The van der Waals surface area contributed by atoms with E-state index in [1.165, 1.54) is 0 Å². The van der Waals surface area contributed by atoms with E-state index in [2.05, 4.69) is 19.2 Å². The summed E-state index contributed by atoms with van der Waals surface area (Å²) in [5.41, 5.74) is 0.710. The van der Waals surface area contributed by atoms with Crippen molar-refractivity contribution in [2.24, 2.45) is 11.3 Å². The molecule has 2 fully saturated rings. The molecule has 0 radical (unpaired) electrons. The summed E-state index contributed by atoms with van der Waals surface area (Å²) in [4.78, 5) is 13.1. The molecule has 3 unspecified atom stereocenters. The van der Waals surface area contributed by atoms with Crippen molar-refractivity contribution in [3.63, 3.8) is 0 Å². The van der Waals surface area contributed by atoms with Gasteiger partial charge in [0.15, 0.2) is 0 Å². The zero-order valence-electron chi connectivity index (χ0n) is 16.2. The second-order valence-corrected chi connectivity index (χ2v) is 8.02. The molecule has 1 aromatic rings. The van der Waals surface area contributed by atoms with Gasteiger partial charge in [-0.3, -0.25) is 4.79 Å². The Labute approximate surface area is 159 Å². The van der Waals surface area contributed by atoms with Crippen LogP contribution in [0, 0.1) is 11.3 Å². The fourth-order valence-corrected chi connectivity index (χ4v) is 4.51. The topological polar surface area (TPSA) is 47.6 Å². The van der Waals surface area contributed by atoms with Gasteiger partial charge in [-0.15, -0.1) is 0 Å². The predicted octanol–water partition coefficient (Wildman–Crippen LogP) is 4.33. The number of nitrogens with one attached hydrogen (secondary N) is 1. The molecule has 146 valence electrons. The van der Waals surface area contributed by atoms with Crippen LogP contribution in [0.2, 0.25) is 0 Å². The van der Waals surface area contributed by atoms with Crippen LogP contribution in [0.25, 0.3) is 0 Å². The maximum absolute atomic E-state index is 13.1. The molecule has 26 heavy (non-hydrogen) atoms. The van der Waals surface area contributed by atoms with Gasteiger partial charge >= 0.3 is 5.97 Å². The highest BCUT2D eigenvalue weighted by molar-refractivity contribution is 5.77. The Morgan fingerprint density at radius 2 is 2.00 bits per heavy atom. The van der Waals surface area contributed by atoms with Gasteiger partial charge in [-0.25, -0.2) is 0 Å². The van der Waals surface area contributed by atoms with E-state index >= 15 is 0 Å². The normalized spacial score (nSPS) is 28.0. The number of carbonyl (C=O) groups excluding carboxylic acids is 1. The third-order valence-corrected chi connectivity index (χ3v) is 6.42. The van der Waals surface area contributed by atoms with E-state index in [1.54, 1.807) is 0 Å². The molecule has 4 heteroatoms. The van der Waals surface area contributed by atoms with E-state index in [9.17, 15) is 4.79 Å². The molecule has 1 N–H and O–H groups in total. The molecule has 0 amide bonds. The first-order chi connectivity index (χ1) is 12.6. The highest BCUT2D eigenvalue weighted by Gasteiger charge is 2.49. The van der Waals surface area contributed by atoms with Crippen LogP contribution in [0.5, 0.6) is 0 Å². The van der Waals surface area contributed by atoms with Gasteiger partial charge in [0.05, 0.1) is 5.41 Å². The first kappa shape index (κ1) is 19.4. The lowest BCUT2D eigenvalue weighted by atomic mass is 9.73. The Morgan fingerprint density at radius 3 is 2.69 bits per heavy atom. The van der Waals surface area contributed by atoms with Gasteiger partial charge in [0.2, 0.25) is 0 Å². The fraction of sp³-hybridized carbons (Fsp3) is 0.682. The standard InChI is InChI=1S/C22H33NO3.H2/c1-3-17(2)22(21(24)26-16-18-7-5-4-6-8-18)12-9-20(15-22)23-19-10-13-25-14-11-19;/h4-8,17,19-20,23H,3,9-16H2,1-2H3;1H. The average molecular weight is 362 g/mol. The Balaban J connectivity index is 0.00000261. The molecule has 0 spiro atoms. The van der Waals surface area contributed by atoms with E-state index in [4.69, 9.17) is 9.47 Å². The summed E-state index contributed by atoms with van der Waals surface area (Å²) in [6.45, 7) is 6.45. The maximum Gasteiger partial charge on any atom is 0.312 e. The van der Waals surface area contributed by atoms with Crippen LogP contribution in [-0.4, -0.2) is 31.3 Å². The first-order valence-corrected chi connectivity index (χ1v) is 10.2. The summed E-state index contributed by atoms with van der Waals surface area (Å²) in [6.07, 6.45) is 6.03. The van der Waals surface area contributed by atoms with E-state index in [-0.39, 0.29) is 12.8 Å². The molecule has 1 aliphatic heterocycles. The zero-order chi connectivity index (χ0) is 18.4. The van der Waals surface area contributed by atoms with Gasteiger partial charge < -0.3 is 14.8 Å². The van der Waals surface area contributed by atoms with Gasteiger partial charge in [0, 0.05) is 26.7 Å².